The maximum Gasteiger partial charge on any atom is 2.00 e. The van der Waals surface area contributed by atoms with E-state index in [2.05, 4.69) is 24.3 Å². The van der Waals surface area contributed by atoms with Crippen LogP contribution in [0.1, 0.15) is 30.9 Å². The topological polar surface area (TPSA) is 54.4 Å². The SMILES string of the molecule is CC1=C2C(=CC(C)=C2S(=O)(=O)O)C(C2C=Cc3ccccc32)=C1.[Cl-].[Cl-].[Zr+2]. The predicted octanol–water partition coefficient (Wildman–Crippen LogP) is -1.84. The van der Waals surface area contributed by atoms with Crippen LogP contribution in [-0.2, 0) is 36.3 Å². The fraction of sp³-hybridized carbons (Fsp3) is 0.158. The van der Waals surface area contributed by atoms with Gasteiger partial charge in [0.25, 0.3) is 10.1 Å². The Bertz CT molecular complexity index is 1010. The van der Waals surface area contributed by atoms with E-state index < -0.39 is 10.1 Å². The molecule has 3 nitrogen and oxygen atoms in total. The van der Waals surface area contributed by atoms with Crippen LogP contribution in [0.4, 0.5) is 0 Å². The van der Waals surface area contributed by atoms with Crippen molar-refractivity contribution in [3.05, 3.63) is 86.4 Å². The normalized spacial score (nSPS) is 19.9. The minimum absolute atomic E-state index is 0. The number of hydrogen-bond donors (Lipinski definition) is 1. The first-order valence-corrected chi connectivity index (χ1v) is 8.92. The molecule has 0 amide bonds. The summed E-state index contributed by atoms with van der Waals surface area (Å²) in [5.41, 5.74) is 6.56. The Balaban J connectivity index is 0.00000113. The van der Waals surface area contributed by atoms with E-state index in [0.29, 0.717) is 11.1 Å². The van der Waals surface area contributed by atoms with Gasteiger partial charge in [0.2, 0.25) is 0 Å². The zero-order valence-electron chi connectivity index (χ0n) is 14.1. The summed E-state index contributed by atoms with van der Waals surface area (Å²) in [6.07, 6.45) is 8.16. The van der Waals surface area contributed by atoms with Crippen molar-refractivity contribution in [1.29, 1.82) is 0 Å². The van der Waals surface area contributed by atoms with Crippen molar-refractivity contribution in [1.82, 2.24) is 0 Å². The first-order valence-electron chi connectivity index (χ1n) is 7.48. The van der Waals surface area contributed by atoms with E-state index in [1.54, 1.807) is 6.92 Å². The smallest absolute Gasteiger partial charge is 1.00 e. The fourth-order valence-corrected chi connectivity index (χ4v) is 4.78. The first kappa shape index (κ1) is 23.3. The zero-order valence-corrected chi connectivity index (χ0v) is 18.9. The van der Waals surface area contributed by atoms with E-state index in [4.69, 9.17) is 0 Å². The molecule has 0 spiro atoms. The van der Waals surface area contributed by atoms with Crippen molar-refractivity contribution in [3.8, 4) is 0 Å². The number of benzene rings is 1. The molecule has 1 aromatic carbocycles. The molecule has 0 radical (unpaired) electrons. The van der Waals surface area contributed by atoms with Gasteiger partial charge in [-0.25, -0.2) is 0 Å². The third-order valence-electron chi connectivity index (χ3n) is 4.69. The van der Waals surface area contributed by atoms with Crippen LogP contribution in [0.25, 0.3) is 6.08 Å². The summed E-state index contributed by atoms with van der Waals surface area (Å²) in [6.45, 7) is 3.62. The van der Waals surface area contributed by atoms with E-state index in [1.165, 1.54) is 11.1 Å². The Labute approximate surface area is 185 Å². The van der Waals surface area contributed by atoms with E-state index in [1.807, 2.05) is 31.2 Å². The molecule has 3 aliphatic carbocycles. The van der Waals surface area contributed by atoms with Crippen molar-refractivity contribution in [3.63, 3.8) is 0 Å². The Morgan fingerprint density at radius 2 is 1.65 bits per heavy atom. The molecule has 134 valence electrons. The molecule has 0 bridgehead atoms. The average molecular weight is 487 g/mol. The summed E-state index contributed by atoms with van der Waals surface area (Å²) in [5, 5.41) is 0. The van der Waals surface area contributed by atoms with Crippen molar-refractivity contribution in [2.45, 2.75) is 19.8 Å². The molecule has 1 atom stereocenters. The number of allylic oxidation sites excluding steroid dienone is 8. The first-order chi connectivity index (χ1) is 10.9. The van der Waals surface area contributed by atoms with Crippen molar-refractivity contribution >= 4 is 16.2 Å². The molecule has 0 saturated carbocycles. The zero-order chi connectivity index (χ0) is 16.4. The predicted molar refractivity (Wildman–Crippen MR) is 91.3 cm³/mol. The third kappa shape index (κ3) is 3.53. The Morgan fingerprint density at radius 3 is 2.31 bits per heavy atom. The minimum Gasteiger partial charge on any atom is -1.00 e. The molecule has 0 aromatic heterocycles. The van der Waals surface area contributed by atoms with Crippen molar-refractivity contribution in [2.75, 3.05) is 0 Å². The van der Waals surface area contributed by atoms with Gasteiger partial charge < -0.3 is 24.8 Å². The van der Waals surface area contributed by atoms with Gasteiger partial charge in [0.05, 0.1) is 0 Å². The second-order valence-corrected chi connectivity index (χ2v) is 7.53. The quantitative estimate of drug-likeness (QED) is 0.500. The van der Waals surface area contributed by atoms with Gasteiger partial charge in [-0.3, -0.25) is 4.55 Å². The minimum atomic E-state index is -4.23. The molecule has 3 aliphatic rings. The molecule has 1 unspecified atom stereocenters. The molecular formula is C19H16Cl2O3SZr. The second-order valence-electron chi connectivity index (χ2n) is 6.17. The molecule has 0 saturated heterocycles. The van der Waals surface area contributed by atoms with E-state index in [-0.39, 0.29) is 61.8 Å². The van der Waals surface area contributed by atoms with Gasteiger partial charge in [-0.15, -0.1) is 0 Å². The number of hydrogen-bond acceptors (Lipinski definition) is 2. The summed E-state index contributed by atoms with van der Waals surface area (Å²) >= 11 is 0. The summed E-state index contributed by atoms with van der Waals surface area (Å²) in [4.78, 5) is 0.0477. The van der Waals surface area contributed by atoms with Crippen LogP contribution < -0.4 is 24.8 Å². The van der Waals surface area contributed by atoms with Gasteiger partial charge in [-0.1, -0.05) is 42.5 Å². The number of fused-ring (bicyclic) bond motifs is 2. The van der Waals surface area contributed by atoms with E-state index in [0.717, 1.165) is 16.7 Å². The van der Waals surface area contributed by atoms with Crippen LogP contribution in [0.3, 0.4) is 0 Å². The van der Waals surface area contributed by atoms with Gasteiger partial charge in [0.15, 0.2) is 0 Å². The molecule has 1 N–H and O–H groups in total. The summed E-state index contributed by atoms with van der Waals surface area (Å²) in [6, 6.07) is 8.22. The Morgan fingerprint density at radius 1 is 1.00 bits per heavy atom. The molecule has 1 aromatic rings. The summed E-state index contributed by atoms with van der Waals surface area (Å²) in [7, 11) is -4.23. The van der Waals surface area contributed by atoms with E-state index >= 15 is 0 Å². The average Bonchev–Trinajstić information content (AvgIpc) is 3.12. The third-order valence-corrected chi connectivity index (χ3v) is 5.73. The number of rotatable bonds is 2. The van der Waals surface area contributed by atoms with Gasteiger partial charge >= 0.3 is 26.2 Å². The summed E-state index contributed by atoms with van der Waals surface area (Å²) in [5.74, 6) is 0.124. The largest absolute Gasteiger partial charge is 2.00 e. The maximum atomic E-state index is 11.8. The Kier molecular flexibility index (Phi) is 7.29. The Hall–Kier alpha value is -0.707. The van der Waals surface area contributed by atoms with Gasteiger partial charge in [0.1, 0.15) is 4.91 Å². The molecule has 4 rings (SSSR count). The monoisotopic (exact) mass is 484 g/mol. The number of halogens is 2. The molecule has 0 fully saturated rings. The van der Waals surface area contributed by atoms with Crippen LogP contribution in [0.2, 0.25) is 0 Å². The summed E-state index contributed by atoms with van der Waals surface area (Å²) < 4.78 is 33.1. The van der Waals surface area contributed by atoms with Crippen LogP contribution in [0.15, 0.2) is 75.3 Å². The molecular weight excluding hydrogens is 470 g/mol. The van der Waals surface area contributed by atoms with E-state index in [9.17, 15) is 13.0 Å². The maximum absolute atomic E-state index is 11.8. The molecule has 26 heavy (non-hydrogen) atoms. The molecule has 7 heteroatoms. The van der Waals surface area contributed by atoms with Gasteiger partial charge in [-0.2, -0.15) is 8.42 Å². The fourth-order valence-electron chi connectivity index (χ4n) is 3.79. The second kappa shape index (κ2) is 8.12. The van der Waals surface area contributed by atoms with Crippen molar-refractivity contribution in [2.24, 2.45) is 0 Å². The molecule has 0 aliphatic heterocycles. The molecule has 0 heterocycles. The van der Waals surface area contributed by atoms with Crippen LogP contribution in [-0.4, -0.2) is 13.0 Å². The van der Waals surface area contributed by atoms with Crippen molar-refractivity contribution < 1.29 is 64.0 Å². The van der Waals surface area contributed by atoms with Gasteiger partial charge in [0, 0.05) is 11.5 Å². The van der Waals surface area contributed by atoms with Crippen LogP contribution in [0.5, 0.6) is 0 Å². The van der Waals surface area contributed by atoms with Crippen LogP contribution in [0, 0.1) is 0 Å². The standard InChI is InChI=1S/C19H16O3S.2ClH.Zr/c1-11-9-16(15-8-7-13-5-3-4-6-14(13)15)17-10-12(2)19(18(11)17)23(20,21)22;;;/h3-10,15H,1-2H3,(H,20,21,22);2*1H;/q;;;+2/p-2. The van der Waals surface area contributed by atoms with Crippen LogP contribution >= 0.6 is 0 Å². The van der Waals surface area contributed by atoms with Gasteiger partial charge in [-0.05, 0) is 53.3 Å².